The Hall–Kier alpha value is -1.38. The SMILES string of the molecule is COc1ccc2c(c1)CC[N+](=O)CC2. The third-order valence-electron chi connectivity index (χ3n) is 2.67. The molecule has 0 saturated carbocycles. The smallest absolute Gasteiger partial charge is 0.196 e. The summed E-state index contributed by atoms with van der Waals surface area (Å²) in [5.74, 6) is 0.878. The molecule has 0 fully saturated rings. The van der Waals surface area contributed by atoms with Gasteiger partial charge in [-0.3, -0.25) is 0 Å². The molecule has 1 aromatic rings. The van der Waals surface area contributed by atoms with Crippen LogP contribution in [0.25, 0.3) is 0 Å². The normalized spacial score (nSPS) is 15.9. The summed E-state index contributed by atoms with van der Waals surface area (Å²) in [4.78, 5) is 11.2. The molecule has 0 saturated heterocycles. The van der Waals surface area contributed by atoms with Crippen LogP contribution in [0.3, 0.4) is 0 Å². The molecule has 0 spiro atoms. The highest BCUT2D eigenvalue weighted by atomic mass is 16.5. The van der Waals surface area contributed by atoms with Crippen molar-refractivity contribution in [1.29, 1.82) is 0 Å². The predicted molar refractivity (Wildman–Crippen MR) is 53.8 cm³/mol. The zero-order valence-electron chi connectivity index (χ0n) is 8.32. The van der Waals surface area contributed by atoms with E-state index in [4.69, 9.17) is 4.74 Å². The summed E-state index contributed by atoms with van der Waals surface area (Å²) in [5.41, 5.74) is 2.53. The molecule has 0 unspecified atom stereocenters. The van der Waals surface area contributed by atoms with Gasteiger partial charge < -0.3 is 4.74 Å². The maximum atomic E-state index is 11.2. The van der Waals surface area contributed by atoms with E-state index in [1.807, 2.05) is 12.1 Å². The highest BCUT2D eigenvalue weighted by Gasteiger charge is 2.17. The molecule has 1 aliphatic rings. The Labute approximate surface area is 83.3 Å². The molecule has 0 amide bonds. The fourth-order valence-electron chi connectivity index (χ4n) is 1.81. The van der Waals surface area contributed by atoms with Crippen LogP contribution >= 0.6 is 0 Å². The molecule has 0 aromatic heterocycles. The standard InChI is InChI=1S/C11H14NO2/c1-14-11-3-2-9-4-6-12(13)7-5-10(9)8-11/h2-3,8H,4-7H2,1H3/q+1. The number of nitrogens with zero attached hydrogens (tertiary/aromatic N) is 1. The van der Waals surface area contributed by atoms with Gasteiger partial charge in [0.05, 0.1) is 7.11 Å². The Bertz CT molecular complexity index is 360. The molecule has 1 heterocycles. The Balaban J connectivity index is 2.31. The van der Waals surface area contributed by atoms with E-state index in [0.29, 0.717) is 13.1 Å². The van der Waals surface area contributed by atoms with E-state index < -0.39 is 0 Å². The number of methoxy groups -OCH3 is 1. The van der Waals surface area contributed by atoms with Crippen molar-refractivity contribution in [3.8, 4) is 5.75 Å². The van der Waals surface area contributed by atoms with Crippen LogP contribution in [0, 0.1) is 4.91 Å². The first kappa shape index (κ1) is 9.19. The van der Waals surface area contributed by atoms with Crippen molar-refractivity contribution >= 4 is 0 Å². The Morgan fingerprint density at radius 3 is 2.64 bits per heavy atom. The minimum Gasteiger partial charge on any atom is -0.497 e. The van der Waals surface area contributed by atoms with Crippen molar-refractivity contribution in [2.45, 2.75) is 12.8 Å². The molecule has 0 atom stereocenters. The van der Waals surface area contributed by atoms with E-state index >= 15 is 0 Å². The maximum absolute atomic E-state index is 11.2. The lowest BCUT2D eigenvalue weighted by Gasteiger charge is -2.05. The summed E-state index contributed by atoms with van der Waals surface area (Å²) in [6.45, 7) is 1.21. The average Bonchev–Trinajstić information content (AvgIpc) is 2.40. The van der Waals surface area contributed by atoms with Gasteiger partial charge >= 0.3 is 0 Å². The van der Waals surface area contributed by atoms with Gasteiger partial charge in [-0.05, 0) is 28.0 Å². The summed E-state index contributed by atoms with van der Waals surface area (Å²) in [6, 6.07) is 6.06. The monoisotopic (exact) mass is 192 g/mol. The van der Waals surface area contributed by atoms with Crippen molar-refractivity contribution in [1.82, 2.24) is 0 Å². The molecular weight excluding hydrogens is 178 g/mol. The van der Waals surface area contributed by atoms with Crippen LogP contribution in [0.5, 0.6) is 5.75 Å². The quantitative estimate of drug-likeness (QED) is 0.632. The highest BCUT2D eigenvalue weighted by molar-refractivity contribution is 5.36. The van der Waals surface area contributed by atoms with Gasteiger partial charge in [0.15, 0.2) is 13.1 Å². The average molecular weight is 192 g/mol. The van der Waals surface area contributed by atoms with Crippen LogP contribution in [-0.4, -0.2) is 25.0 Å². The second-order valence-electron chi connectivity index (χ2n) is 3.56. The number of hydrogen-bond acceptors (Lipinski definition) is 2. The van der Waals surface area contributed by atoms with Crippen molar-refractivity contribution < 1.29 is 9.50 Å². The maximum Gasteiger partial charge on any atom is 0.196 e. The molecule has 3 heteroatoms. The number of ether oxygens (including phenoxy) is 1. The minimum absolute atomic E-state index is 0.597. The zero-order chi connectivity index (χ0) is 9.97. The minimum atomic E-state index is 0.597. The topological polar surface area (TPSA) is 29.3 Å². The summed E-state index contributed by atoms with van der Waals surface area (Å²) < 4.78 is 6.29. The van der Waals surface area contributed by atoms with E-state index in [-0.39, 0.29) is 0 Å². The molecule has 0 radical (unpaired) electrons. The number of fused-ring (bicyclic) bond motifs is 1. The van der Waals surface area contributed by atoms with E-state index in [1.165, 1.54) is 11.1 Å². The van der Waals surface area contributed by atoms with Gasteiger partial charge in [-0.1, -0.05) is 6.07 Å². The van der Waals surface area contributed by atoms with E-state index in [9.17, 15) is 4.91 Å². The molecule has 1 aromatic carbocycles. The summed E-state index contributed by atoms with van der Waals surface area (Å²) >= 11 is 0. The van der Waals surface area contributed by atoms with Crippen LogP contribution in [0.15, 0.2) is 18.2 Å². The fraction of sp³-hybridized carbons (Fsp3) is 0.455. The van der Waals surface area contributed by atoms with Crippen molar-refractivity contribution in [3.63, 3.8) is 0 Å². The van der Waals surface area contributed by atoms with Crippen LogP contribution in [0.4, 0.5) is 0 Å². The molecule has 2 rings (SSSR count). The van der Waals surface area contributed by atoms with Gasteiger partial charge in [0, 0.05) is 17.7 Å². The van der Waals surface area contributed by atoms with Gasteiger partial charge in [-0.25, -0.2) is 0 Å². The van der Waals surface area contributed by atoms with Gasteiger partial charge in [0.2, 0.25) is 0 Å². The van der Waals surface area contributed by atoms with Crippen molar-refractivity contribution in [2.75, 3.05) is 20.2 Å². The third kappa shape index (κ3) is 1.76. The number of benzene rings is 1. The first-order valence-electron chi connectivity index (χ1n) is 4.87. The lowest BCUT2D eigenvalue weighted by molar-refractivity contribution is -0.546. The molecule has 1 aliphatic heterocycles. The lowest BCUT2D eigenvalue weighted by atomic mass is 10.0. The first-order valence-corrected chi connectivity index (χ1v) is 4.87. The van der Waals surface area contributed by atoms with E-state index in [2.05, 4.69) is 6.07 Å². The Morgan fingerprint density at radius 1 is 1.21 bits per heavy atom. The molecule has 14 heavy (non-hydrogen) atoms. The lowest BCUT2D eigenvalue weighted by Crippen LogP contribution is -2.10. The predicted octanol–water partition coefficient (Wildman–Crippen LogP) is 1.57. The van der Waals surface area contributed by atoms with Crippen LogP contribution < -0.4 is 4.74 Å². The van der Waals surface area contributed by atoms with Crippen molar-refractivity contribution in [3.05, 3.63) is 34.2 Å². The molecule has 74 valence electrons. The Morgan fingerprint density at radius 2 is 1.93 bits per heavy atom. The zero-order valence-corrected chi connectivity index (χ0v) is 8.32. The van der Waals surface area contributed by atoms with Gasteiger partial charge in [-0.15, -0.1) is 0 Å². The second kappa shape index (κ2) is 3.78. The van der Waals surface area contributed by atoms with Gasteiger partial charge in [-0.2, -0.15) is 0 Å². The number of nitroso groups, excluding NO2 is 1. The number of rotatable bonds is 1. The summed E-state index contributed by atoms with van der Waals surface area (Å²) in [5, 5.41) is 0. The summed E-state index contributed by atoms with van der Waals surface area (Å²) in [7, 11) is 1.67. The molecule has 0 bridgehead atoms. The first-order chi connectivity index (χ1) is 6.79. The van der Waals surface area contributed by atoms with Crippen LogP contribution in [0.2, 0.25) is 0 Å². The molecule has 0 aliphatic carbocycles. The summed E-state index contributed by atoms with van der Waals surface area (Å²) in [6.07, 6.45) is 1.68. The fourth-order valence-corrected chi connectivity index (χ4v) is 1.81. The van der Waals surface area contributed by atoms with Crippen LogP contribution in [0.1, 0.15) is 11.1 Å². The van der Waals surface area contributed by atoms with Gasteiger partial charge in [0.1, 0.15) is 5.75 Å². The van der Waals surface area contributed by atoms with Crippen LogP contribution in [-0.2, 0) is 12.8 Å². The third-order valence-corrected chi connectivity index (χ3v) is 2.67. The number of hydrogen-bond donors (Lipinski definition) is 0. The Kier molecular flexibility index (Phi) is 2.48. The molecule has 3 nitrogen and oxygen atoms in total. The molecular formula is C11H14NO2+. The molecule has 0 N–H and O–H groups in total. The van der Waals surface area contributed by atoms with Crippen molar-refractivity contribution in [2.24, 2.45) is 0 Å². The largest absolute Gasteiger partial charge is 0.497 e. The van der Waals surface area contributed by atoms with E-state index in [0.717, 1.165) is 23.4 Å². The van der Waals surface area contributed by atoms with E-state index in [1.54, 1.807) is 7.11 Å². The van der Waals surface area contributed by atoms with Gasteiger partial charge in [0.25, 0.3) is 0 Å². The highest BCUT2D eigenvalue weighted by Crippen LogP contribution is 2.20. The second-order valence-corrected chi connectivity index (χ2v) is 3.56.